The van der Waals surface area contributed by atoms with Gasteiger partial charge in [0.05, 0.1) is 0 Å². The van der Waals surface area contributed by atoms with Crippen molar-refractivity contribution in [2.24, 2.45) is 11.8 Å². The van der Waals surface area contributed by atoms with Gasteiger partial charge in [-0.15, -0.1) is 0 Å². The number of nitrogens with zero attached hydrogens (tertiary/aromatic N) is 2. The van der Waals surface area contributed by atoms with Crippen molar-refractivity contribution in [2.45, 2.75) is 52.5 Å². The minimum atomic E-state index is 0.642. The Labute approximate surface area is 105 Å². The van der Waals surface area contributed by atoms with E-state index in [1.165, 1.54) is 19.3 Å². The van der Waals surface area contributed by atoms with E-state index in [0.717, 1.165) is 30.7 Å². The molecular weight excluding hydrogens is 210 g/mol. The monoisotopic (exact) mass is 235 g/mol. The average molecular weight is 235 g/mol. The van der Waals surface area contributed by atoms with Gasteiger partial charge in [-0.3, -0.25) is 0 Å². The largest absolute Gasteiger partial charge is 0.356 e. The second-order valence-electron chi connectivity index (χ2n) is 5.51. The van der Waals surface area contributed by atoms with Gasteiger partial charge in [0, 0.05) is 25.0 Å². The molecule has 3 unspecified atom stereocenters. The van der Waals surface area contributed by atoms with Crippen molar-refractivity contribution >= 4 is 5.95 Å². The molecule has 0 aromatic carbocycles. The molecule has 1 heterocycles. The third-order valence-corrected chi connectivity index (χ3v) is 4.17. The Morgan fingerprint density at radius 3 is 2.88 bits per heavy atom. The van der Waals surface area contributed by atoms with E-state index in [2.05, 4.69) is 41.8 Å². The van der Waals surface area contributed by atoms with Crippen LogP contribution < -0.4 is 5.32 Å². The molecule has 3 atom stereocenters. The number of nitrogens with one attached hydrogen (secondary N) is 1. The Kier molecular flexibility index (Phi) is 4.08. The van der Waals surface area contributed by atoms with E-state index >= 15 is 0 Å². The highest BCUT2D eigenvalue weighted by molar-refractivity contribution is 5.26. The number of anilines is 1. The molecule has 1 fully saturated rings. The molecule has 1 aromatic heterocycles. The second kappa shape index (κ2) is 5.56. The van der Waals surface area contributed by atoms with Crippen LogP contribution in [0.1, 0.15) is 52.5 Å². The lowest BCUT2D eigenvalue weighted by molar-refractivity contribution is 0.212. The number of aromatic nitrogens is 2. The van der Waals surface area contributed by atoms with E-state index in [4.69, 9.17) is 0 Å². The SMILES string of the molecule is CCCNc1nccn1C1CCC(C)C(C)C1. The lowest BCUT2D eigenvalue weighted by Crippen LogP contribution is -2.24. The third kappa shape index (κ3) is 2.82. The zero-order valence-electron chi connectivity index (χ0n) is 11.3. The van der Waals surface area contributed by atoms with Gasteiger partial charge in [0.2, 0.25) is 5.95 Å². The van der Waals surface area contributed by atoms with Gasteiger partial charge in [-0.2, -0.15) is 0 Å². The van der Waals surface area contributed by atoms with Crippen molar-refractivity contribution < 1.29 is 0 Å². The van der Waals surface area contributed by atoms with Gasteiger partial charge in [0.25, 0.3) is 0 Å². The van der Waals surface area contributed by atoms with Crippen molar-refractivity contribution in [1.82, 2.24) is 9.55 Å². The highest BCUT2D eigenvalue weighted by Gasteiger charge is 2.26. The fraction of sp³-hybridized carbons (Fsp3) is 0.786. The maximum absolute atomic E-state index is 4.42. The first-order valence-electron chi connectivity index (χ1n) is 6.99. The van der Waals surface area contributed by atoms with Crippen molar-refractivity contribution in [3.8, 4) is 0 Å². The maximum atomic E-state index is 4.42. The molecule has 2 rings (SSSR count). The minimum Gasteiger partial charge on any atom is -0.356 e. The van der Waals surface area contributed by atoms with Crippen LogP contribution in [0, 0.1) is 11.8 Å². The summed E-state index contributed by atoms with van der Waals surface area (Å²) < 4.78 is 2.35. The molecule has 0 aliphatic heterocycles. The van der Waals surface area contributed by atoms with Crippen molar-refractivity contribution in [3.05, 3.63) is 12.4 Å². The molecule has 0 spiro atoms. The molecule has 0 amide bonds. The molecule has 3 nitrogen and oxygen atoms in total. The Bertz CT molecular complexity index is 345. The summed E-state index contributed by atoms with van der Waals surface area (Å²) in [4.78, 5) is 4.42. The van der Waals surface area contributed by atoms with E-state index in [1.54, 1.807) is 0 Å². The van der Waals surface area contributed by atoms with Crippen LogP contribution in [-0.4, -0.2) is 16.1 Å². The predicted molar refractivity (Wildman–Crippen MR) is 72.2 cm³/mol. The molecule has 1 aliphatic carbocycles. The van der Waals surface area contributed by atoms with Crippen LogP contribution in [0.5, 0.6) is 0 Å². The Morgan fingerprint density at radius 2 is 2.18 bits per heavy atom. The molecule has 96 valence electrons. The van der Waals surface area contributed by atoms with E-state index < -0.39 is 0 Å². The number of imidazole rings is 1. The highest BCUT2D eigenvalue weighted by Crippen LogP contribution is 2.37. The Morgan fingerprint density at radius 1 is 1.35 bits per heavy atom. The summed E-state index contributed by atoms with van der Waals surface area (Å²) in [6.45, 7) is 7.96. The average Bonchev–Trinajstić information content (AvgIpc) is 2.78. The summed E-state index contributed by atoms with van der Waals surface area (Å²) in [7, 11) is 0. The van der Waals surface area contributed by atoms with Crippen LogP contribution >= 0.6 is 0 Å². The number of rotatable bonds is 4. The van der Waals surface area contributed by atoms with E-state index in [0.29, 0.717) is 6.04 Å². The second-order valence-corrected chi connectivity index (χ2v) is 5.51. The van der Waals surface area contributed by atoms with Crippen LogP contribution in [0.3, 0.4) is 0 Å². The van der Waals surface area contributed by atoms with Crippen LogP contribution in [0.2, 0.25) is 0 Å². The summed E-state index contributed by atoms with van der Waals surface area (Å²) in [5.41, 5.74) is 0. The van der Waals surface area contributed by atoms with Gasteiger partial charge in [-0.1, -0.05) is 20.8 Å². The third-order valence-electron chi connectivity index (χ3n) is 4.17. The fourth-order valence-corrected chi connectivity index (χ4v) is 2.75. The van der Waals surface area contributed by atoms with Crippen LogP contribution in [0.4, 0.5) is 5.95 Å². The number of hydrogen-bond donors (Lipinski definition) is 1. The molecule has 17 heavy (non-hydrogen) atoms. The fourth-order valence-electron chi connectivity index (χ4n) is 2.75. The van der Waals surface area contributed by atoms with E-state index in [1.807, 2.05) is 6.20 Å². The van der Waals surface area contributed by atoms with Gasteiger partial charge in [0.15, 0.2) is 0 Å². The van der Waals surface area contributed by atoms with Crippen LogP contribution in [-0.2, 0) is 0 Å². The van der Waals surface area contributed by atoms with E-state index in [9.17, 15) is 0 Å². The first-order chi connectivity index (χ1) is 8.22. The normalized spacial score (nSPS) is 29.2. The molecular formula is C14H25N3. The highest BCUT2D eigenvalue weighted by atomic mass is 15.2. The quantitative estimate of drug-likeness (QED) is 0.862. The molecule has 3 heteroatoms. The summed E-state index contributed by atoms with van der Waals surface area (Å²) in [5.74, 6) is 2.76. The lowest BCUT2D eigenvalue weighted by atomic mass is 9.79. The molecule has 1 aliphatic rings. The first-order valence-corrected chi connectivity index (χ1v) is 6.99. The van der Waals surface area contributed by atoms with Crippen LogP contribution in [0.15, 0.2) is 12.4 Å². The molecule has 0 saturated heterocycles. The molecule has 1 N–H and O–H groups in total. The van der Waals surface area contributed by atoms with Crippen molar-refractivity contribution in [1.29, 1.82) is 0 Å². The summed E-state index contributed by atoms with van der Waals surface area (Å²) >= 11 is 0. The van der Waals surface area contributed by atoms with Gasteiger partial charge < -0.3 is 9.88 Å². The zero-order valence-corrected chi connectivity index (χ0v) is 11.3. The topological polar surface area (TPSA) is 29.9 Å². The molecule has 1 saturated carbocycles. The Hall–Kier alpha value is -0.990. The van der Waals surface area contributed by atoms with Gasteiger partial charge in [-0.25, -0.2) is 4.98 Å². The molecule has 1 aromatic rings. The zero-order chi connectivity index (χ0) is 12.3. The lowest BCUT2D eigenvalue weighted by Gasteiger charge is -2.33. The van der Waals surface area contributed by atoms with Gasteiger partial charge in [0.1, 0.15) is 0 Å². The predicted octanol–water partition coefficient (Wildman–Crippen LogP) is 3.70. The summed E-state index contributed by atoms with van der Waals surface area (Å²) in [6.07, 6.45) is 9.12. The summed E-state index contributed by atoms with van der Waals surface area (Å²) in [6, 6.07) is 0.642. The standard InChI is InChI=1S/C14H25N3/c1-4-7-15-14-16-8-9-17(14)13-6-5-11(2)12(3)10-13/h8-9,11-13H,4-7,10H2,1-3H3,(H,15,16). The summed E-state index contributed by atoms with van der Waals surface area (Å²) in [5, 5.41) is 3.42. The van der Waals surface area contributed by atoms with Crippen LogP contribution in [0.25, 0.3) is 0 Å². The van der Waals surface area contributed by atoms with Gasteiger partial charge >= 0.3 is 0 Å². The first kappa shape index (κ1) is 12.5. The van der Waals surface area contributed by atoms with Crippen molar-refractivity contribution in [3.63, 3.8) is 0 Å². The van der Waals surface area contributed by atoms with Crippen molar-refractivity contribution in [2.75, 3.05) is 11.9 Å². The Balaban J connectivity index is 2.04. The van der Waals surface area contributed by atoms with Gasteiger partial charge in [-0.05, 0) is 37.5 Å². The maximum Gasteiger partial charge on any atom is 0.203 e. The smallest absolute Gasteiger partial charge is 0.203 e. The minimum absolute atomic E-state index is 0.642. The molecule has 0 bridgehead atoms. The van der Waals surface area contributed by atoms with E-state index in [-0.39, 0.29) is 0 Å². The number of hydrogen-bond acceptors (Lipinski definition) is 2. The molecule has 0 radical (unpaired) electrons.